The smallest absolute Gasteiger partial charge is 0.308 e. The van der Waals surface area contributed by atoms with Gasteiger partial charge in [0, 0.05) is 12.6 Å². The number of carbonyl (C=O) groups is 2. The first kappa shape index (κ1) is 12.4. The molecule has 0 aromatic carbocycles. The van der Waals surface area contributed by atoms with Crippen molar-refractivity contribution in [3.8, 4) is 0 Å². The molecule has 0 aromatic heterocycles. The number of ether oxygens (including phenoxy) is 1. The van der Waals surface area contributed by atoms with Gasteiger partial charge < -0.3 is 15.2 Å². The van der Waals surface area contributed by atoms with Crippen LogP contribution in [0, 0.1) is 11.8 Å². The van der Waals surface area contributed by atoms with E-state index in [1.165, 1.54) is 0 Å². The zero-order valence-electron chi connectivity index (χ0n) is 10.0. The van der Waals surface area contributed by atoms with Gasteiger partial charge >= 0.3 is 5.97 Å². The van der Waals surface area contributed by atoms with Crippen molar-refractivity contribution in [1.82, 2.24) is 5.32 Å². The minimum Gasteiger partial charge on any atom is -0.481 e. The average Bonchev–Trinajstić information content (AvgIpc) is 2.86. The van der Waals surface area contributed by atoms with Crippen LogP contribution in [0.25, 0.3) is 0 Å². The lowest BCUT2D eigenvalue weighted by Gasteiger charge is -2.21. The highest BCUT2D eigenvalue weighted by molar-refractivity contribution is 5.81. The van der Waals surface area contributed by atoms with Gasteiger partial charge in [-0.3, -0.25) is 9.59 Å². The maximum absolute atomic E-state index is 12.0. The Morgan fingerprint density at radius 2 is 2.00 bits per heavy atom. The predicted molar refractivity (Wildman–Crippen MR) is 60.4 cm³/mol. The molecule has 2 fully saturated rings. The van der Waals surface area contributed by atoms with Crippen molar-refractivity contribution in [3.05, 3.63) is 0 Å². The van der Waals surface area contributed by atoms with E-state index in [0.29, 0.717) is 13.0 Å². The Balaban J connectivity index is 1.91. The maximum Gasteiger partial charge on any atom is 0.308 e. The molecule has 2 aliphatic rings. The number of carboxylic acid groups (broad SMARTS) is 1. The summed E-state index contributed by atoms with van der Waals surface area (Å²) in [6.07, 6.45) is 2.98. The van der Waals surface area contributed by atoms with Crippen molar-refractivity contribution in [2.24, 2.45) is 11.8 Å². The number of amides is 1. The molecule has 5 heteroatoms. The fourth-order valence-electron chi connectivity index (χ4n) is 2.79. The molecular formula is C12H19NO4. The molecule has 4 unspecified atom stereocenters. The van der Waals surface area contributed by atoms with E-state index in [9.17, 15) is 9.59 Å². The molecule has 1 heterocycles. The summed E-state index contributed by atoms with van der Waals surface area (Å²) in [6.45, 7) is 2.51. The molecule has 1 amide bonds. The number of rotatable bonds is 3. The number of carbonyl (C=O) groups excluding carboxylic acids is 1. The number of aliphatic carboxylic acids is 1. The summed E-state index contributed by atoms with van der Waals surface area (Å²) in [5.74, 6) is -1.39. The van der Waals surface area contributed by atoms with Crippen LogP contribution < -0.4 is 5.32 Å². The minimum atomic E-state index is -0.802. The lowest BCUT2D eigenvalue weighted by atomic mass is 9.99. The highest BCUT2D eigenvalue weighted by Gasteiger charge is 2.37. The summed E-state index contributed by atoms with van der Waals surface area (Å²) in [4.78, 5) is 23.0. The Bertz CT molecular complexity index is 318. The Morgan fingerprint density at radius 1 is 1.24 bits per heavy atom. The van der Waals surface area contributed by atoms with Crippen LogP contribution in [-0.4, -0.2) is 35.7 Å². The topological polar surface area (TPSA) is 75.6 Å². The molecule has 1 saturated carbocycles. The highest BCUT2D eigenvalue weighted by atomic mass is 16.5. The fraction of sp³-hybridized carbons (Fsp3) is 0.833. The third kappa shape index (κ3) is 2.60. The van der Waals surface area contributed by atoms with Crippen LogP contribution in [0.15, 0.2) is 0 Å². The second-order valence-electron chi connectivity index (χ2n) is 4.96. The van der Waals surface area contributed by atoms with E-state index in [2.05, 4.69) is 5.32 Å². The molecule has 0 spiro atoms. The van der Waals surface area contributed by atoms with E-state index in [4.69, 9.17) is 9.84 Å². The second kappa shape index (κ2) is 5.04. The van der Waals surface area contributed by atoms with Crippen molar-refractivity contribution >= 4 is 11.9 Å². The first-order valence-electron chi connectivity index (χ1n) is 6.24. The molecular weight excluding hydrogens is 222 g/mol. The summed E-state index contributed by atoms with van der Waals surface area (Å²) in [5.41, 5.74) is 0. The van der Waals surface area contributed by atoms with Crippen LogP contribution in [0.3, 0.4) is 0 Å². The minimum absolute atomic E-state index is 0.0480. The lowest BCUT2D eigenvalue weighted by molar-refractivity contribution is -0.142. The molecule has 1 aliphatic carbocycles. The summed E-state index contributed by atoms with van der Waals surface area (Å²) >= 11 is 0. The van der Waals surface area contributed by atoms with Gasteiger partial charge in [0.2, 0.25) is 5.91 Å². The maximum atomic E-state index is 12.0. The van der Waals surface area contributed by atoms with Gasteiger partial charge in [-0.2, -0.15) is 0 Å². The molecule has 0 radical (unpaired) electrons. The van der Waals surface area contributed by atoms with E-state index in [1.807, 2.05) is 6.92 Å². The Kier molecular flexibility index (Phi) is 3.66. The number of hydrogen-bond acceptors (Lipinski definition) is 3. The molecule has 5 nitrogen and oxygen atoms in total. The molecule has 17 heavy (non-hydrogen) atoms. The van der Waals surface area contributed by atoms with Crippen LogP contribution in [0.1, 0.15) is 32.6 Å². The Morgan fingerprint density at radius 3 is 2.59 bits per heavy atom. The summed E-state index contributed by atoms with van der Waals surface area (Å²) in [6, 6.07) is -0.201. The molecule has 2 N–H and O–H groups in total. The second-order valence-corrected chi connectivity index (χ2v) is 4.96. The van der Waals surface area contributed by atoms with E-state index < -0.39 is 11.9 Å². The van der Waals surface area contributed by atoms with Gasteiger partial charge in [-0.25, -0.2) is 0 Å². The third-order valence-corrected chi connectivity index (χ3v) is 3.87. The predicted octanol–water partition coefficient (Wildman–Crippen LogP) is 0.781. The largest absolute Gasteiger partial charge is 0.481 e. The van der Waals surface area contributed by atoms with Gasteiger partial charge in [-0.1, -0.05) is 6.42 Å². The summed E-state index contributed by atoms with van der Waals surface area (Å²) in [7, 11) is 0. The van der Waals surface area contributed by atoms with Crippen molar-refractivity contribution in [1.29, 1.82) is 0 Å². The molecule has 0 bridgehead atoms. The van der Waals surface area contributed by atoms with Crippen LogP contribution >= 0.6 is 0 Å². The van der Waals surface area contributed by atoms with Gasteiger partial charge in [-0.15, -0.1) is 0 Å². The average molecular weight is 241 g/mol. The van der Waals surface area contributed by atoms with Gasteiger partial charge in [0.15, 0.2) is 0 Å². The SMILES string of the molecule is CC1OCCC1C(=O)NC1CCCC1C(=O)O. The Hall–Kier alpha value is -1.10. The van der Waals surface area contributed by atoms with Crippen LogP contribution in [0.2, 0.25) is 0 Å². The monoisotopic (exact) mass is 241 g/mol. The Labute approximate surface area is 101 Å². The van der Waals surface area contributed by atoms with Crippen molar-refractivity contribution in [2.75, 3.05) is 6.61 Å². The fourth-order valence-corrected chi connectivity index (χ4v) is 2.79. The first-order chi connectivity index (χ1) is 8.09. The summed E-state index contributed by atoms with van der Waals surface area (Å²) < 4.78 is 5.35. The van der Waals surface area contributed by atoms with Crippen LogP contribution in [-0.2, 0) is 14.3 Å². The summed E-state index contributed by atoms with van der Waals surface area (Å²) in [5, 5.41) is 11.9. The molecule has 2 rings (SSSR count). The van der Waals surface area contributed by atoms with Crippen LogP contribution in [0.4, 0.5) is 0 Å². The molecule has 1 aliphatic heterocycles. The van der Waals surface area contributed by atoms with Gasteiger partial charge in [0.1, 0.15) is 0 Å². The normalized spacial score (nSPS) is 37.0. The van der Waals surface area contributed by atoms with Crippen molar-refractivity contribution in [2.45, 2.75) is 44.8 Å². The molecule has 0 aromatic rings. The van der Waals surface area contributed by atoms with E-state index >= 15 is 0 Å². The van der Waals surface area contributed by atoms with E-state index in [0.717, 1.165) is 19.3 Å². The number of nitrogens with one attached hydrogen (secondary N) is 1. The lowest BCUT2D eigenvalue weighted by Crippen LogP contribution is -2.44. The molecule has 4 atom stereocenters. The quantitative estimate of drug-likeness (QED) is 0.765. The van der Waals surface area contributed by atoms with Gasteiger partial charge in [-0.05, 0) is 26.2 Å². The van der Waals surface area contributed by atoms with Crippen LogP contribution in [0.5, 0.6) is 0 Å². The van der Waals surface area contributed by atoms with Crippen molar-refractivity contribution < 1.29 is 19.4 Å². The van der Waals surface area contributed by atoms with E-state index in [-0.39, 0.29) is 24.0 Å². The van der Waals surface area contributed by atoms with Gasteiger partial charge in [0.25, 0.3) is 0 Å². The number of hydrogen-bond donors (Lipinski definition) is 2. The van der Waals surface area contributed by atoms with E-state index in [1.54, 1.807) is 0 Å². The number of carboxylic acids is 1. The van der Waals surface area contributed by atoms with Gasteiger partial charge in [0.05, 0.1) is 17.9 Å². The highest BCUT2D eigenvalue weighted by Crippen LogP contribution is 2.27. The third-order valence-electron chi connectivity index (χ3n) is 3.87. The first-order valence-corrected chi connectivity index (χ1v) is 6.24. The van der Waals surface area contributed by atoms with Crippen molar-refractivity contribution in [3.63, 3.8) is 0 Å². The molecule has 1 saturated heterocycles. The zero-order valence-corrected chi connectivity index (χ0v) is 10.0. The molecule has 96 valence electrons. The zero-order chi connectivity index (χ0) is 12.4. The standard InChI is InChI=1S/C12H19NO4/c1-7-8(5-6-17-7)11(14)13-10-4-2-3-9(10)12(15)16/h7-10H,2-6H2,1H3,(H,13,14)(H,15,16).